The number of carboxylic acid groups (broad SMARTS) is 1. The van der Waals surface area contributed by atoms with Crippen molar-refractivity contribution in [1.82, 2.24) is 9.55 Å². The molecule has 1 aliphatic rings. The van der Waals surface area contributed by atoms with Crippen LogP contribution in [-0.4, -0.2) is 32.7 Å². The average Bonchev–Trinajstić information content (AvgIpc) is 2.41. The topological polar surface area (TPSA) is 75.4 Å². The first-order chi connectivity index (χ1) is 9.86. The molecule has 2 rings (SSSR count). The minimum atomic E-state index is -1.05. The van der Waals surface area contributed by atoms with Gasteiger partial charge in [0.1, 0.15) is 5.54 Å². The molecule has 6 heteroatoms. The summed E-state index contributed by atoms with van der Waals surface area (Å²) in [6, 6.07) is 0. The molecule has 0 radical (unpaired) electrons. The zero-order chi connectivity index (χ0) is 15.6. The highest BCUT2D eigenvalue weighted by molar-refractivity contribution is 5.82. The third-order valence-electron chi connectivity index (χ3n) is 4.06. The van der Waals surface area contributed by atoms with Gasteiger partial charge in [-0.1, -0.05) is 13.8 Å². The van der Waals surface area contributed by atoms with Crippen molar-refractivity contribution in [1.29, 1.82) is 0 Å². The largest absolute Gasteiger partial charge is 0.480 e. The van der Waals surface area contributed by atoms with Gasteiger partial charge in [-0.3, -0.25) is 4.79 Å². The quantitative estimate of drug-likeness (QED) is 0.915. The number of aromatic nitrogens is 2. The predicted octanol–water partition coefficient (Wildman–Crippen LogP) is 1.73. The molecule has 1 atom stereocenters. The highest BCUT2D eigenvalue weighted by atomic mass is 16.4. The lowest BCUT2D eigenvalue weighted by molar-refractivity contribution is -0.143. The molecule has 1 saturated heterocycles. The molecular weight excluding hydrogens is 270 g/mol. The number of aliphatic carboxylic acids is 1. The standard InChI is InChI=1S/C15H23N3O3/c1-11(2)10-17-9-7-16-12(13(17)19)18-8-5-4-6-15(18,3)14(20)21/h7,9,11H,4-6,8,10H2,1-3H3,(H,20,21). The van der Waals surface area contributed by atoms with Gasteiger partial charge in [0.05, 0.1) is 0 Å². The molecular formula is C15H23N3O3. The lowest BCUT2D eigenvalue weighted by atomic mass is 9.88. The third-order valence-corrected chi connectivity index (χ3v) is 4.06. The molecule has 1 aliphatic heterocycles. The fraction of sp³-hybridized carbons (Fsp3) is 0.667. The van der Waals surface area contributed by atoms with Crippen LogP contribution < -0.4 is 10.5 Å². The van der Waals surface area contributed by atoms with Crippen molar-refractivity contribution in [3.05, 3.63) is 22.7 Å². The number of nitrogens with zero attached hydrogens (tertiary/aromatic N) is 3. The second-order valence-electron chi connectivity index (χ2n) is 6.29. The first-order valence-corrected chi connectivity index (χ1v) is 7.42. The van der Waals surface area contributed by atoms with Crippen molar-refractivity contribution >= 4 is 11.8 Å². The summed E-state index contributed by atoms with van der Waals surface area (Å²) in [5, 5.41) is 9.56. The summed E-state index contributed by atoms with van der Waals surface area (Å²) >= 11 is 0. The molecule has 2 heterocycles. The molecule has 1 fully saturated rings. The zero-order valence-corrected chi connectivity index (χ0v) is 12.9. The maximum atomic E-state index is 12.6. The fourth-order valence-corrected chi connectivity index (χ4v) is 2.84. The molecule has 0 bridgehead atoms. The summed E-state index contributed by atoms with van der Waals surface area (Å²) in [5.41, 5.74) is -1.26. The summed E-state index contributed by atoms with van der Waals surface area (Å²) in [5.74, 6) is -0.310. The fourth-order valence-electron chi connectivity index (χ4n) is 2.84. The molecule has 21 heavy (non-hydrogen) atoms. The molecule has 0 spiro atoms. The molecule has 6 nitrogen and oxygen atoms in total. The van der Waals surface area contributed by atoms with Crippen molar-refractivity contribution < 1.29 is 9.90 Å². The van der Waals surface area contributed by atoms with E-state index in [2.05, 4.69) is 4.98 Å². The van der Waals surface area contributed by atoms with Crippen LogP contribution >= 0.6 is 0 Å². The Kier molecular flexibility index (Phi) is 4.34. The van der Waals surface area contributed by atoms with E-state index in [0.717, 1.165) is 12.8 Å². The van der Waals surface area contributed by atoms with Gasteiger partial charge in [0.25, 0.3) is 5.56 Å². The van der Waals surface area contributed by atoms with E-state index in [9.17, 15) is 14.7 Å². The van der Waals surface area contributed by atoms with Crippen LogP contribution in [0.2, 0.25) is 0 Å². The molecule has 1 aromatic heterocycles. The summed E-state index contributed by atoms with van der Waals surface area (Å²) in [7, 11) is 0. The maximum absolute atomic E-state index is 12.6. The Hall–Kier alpha value is -1.85. The molecule has 0 amide bonds. The smallest absolute Gasteiger partial charge is 0.329 e. The molecule has 1 N–H and O–H groups in total. The van der Waals surface area contributed by atoms with Gasteiger partial charge >= 0.3 is 5.97 Å². The van der Waals surface area contributed by atoms with Gasteiger partial charge in [-0.15, -0.1) is 0 Å². The first-order valence-electron chi connectivity index (χ1n) is 7.42. The van der Waals surface area contributed by atoms with E-state index >= 15 is 0 Å². The van der Waals surface area contributed by atoms with E-state index < -0.39 is 11.5 Å². The Labute approximate surface area is 124 Å². The van der Waals surface area contributed by atoms with Gasteiger partial charge in [0, 0.05) is 25.5 Å². The van der Waals surface area contributed by atoms with Crippen LogP contribution in [0.4, 0.5) is 5.82 Å². The monoisotopic (exact) mass is 293 g/mol. The average molecular weight is 293 g/mol. The van der Waals surface area contributed by atoms with Crippen molar-refractivity contribution in [3.8, 4) is 0 Å². The van der Waals surface area contributed by atoms with Crippen LogP contribution in [0.5, 0.6) is 0 Å². The molecule has 0 saturated carbocycles. The molecule has 1 unspecified atom stereocenters. The molecule has 0 aliphatic carbocycles. The van der Waals surface area contributed by atoms with Crippen LogP contribution in [0.25, 0.3) is 0 Å². The van der Waals surface area contributed by atoms with E-state index in [4.69, 9.17) is 0 Å². The Morgan fingerprint density at radius 2 is 2.19 bits per heavy atom. The van der Waals surface area contributed by atoms with Gasteiger partial charge < -0.3 is 14.6 Å². The molecule has 116 valence electrons. The number of rotatable bonds is 4. The van der Waals surface area contributed by atoms with E-state index in [1.54, 1.807) is 28.8 Å². The van der Waals surface area contributed by atoms with Gasteiger partial charge in [-0.2, -0.15) is 0 Å². The highest BCUT2D eigenvalue weighted by Gasteiger charge is 2.43. The number of anilines is 1. The predicted molar refractivity (Wildman–Crippen MR) is 80.6 cm³/mol. The Balaban J connectivity index is 2.45. The van der Waals surface area contributed by atoms with E-state index in [1.807, 2.05) is 13.8 Å². The summed E-state index contributed by atoms with van der Waals surface area (Å²) in [4.78, 5) is 30.1. The van der Waals surface area contributed by atoms with Crippen LogP contribution in [0.3, 0.4) is 0 Å². The van der Waals surface area contributed by atoms with Crippen LogP contribution in [0.1, 0.15) is 40.0 Å². The lowest BCUT2D eigenvalue weighted by Crippen LogP contribution is -2.57. The normalized spacial score (nSPS) is 22.6. The van der Waals surface area contributed by atoms with Gasteiger partial charge in [0.2, 0.25) is 0 Å². The van der Waals surface area contributed by atoms with Gasteiger partial charge in [-0.25, -0.2) is 9.78 Å². The Morgan fingerprint density at radius 1 is 1.48 bits per heavy atom. The van der Waals surface area contributed by atoms with E-state index in [0.29, 0.717) is 25.4 Å². The van der Waals surface area contributed by atoms with Gasteiger partial charge in [-0.05, 0) is 32.1 Å². The minimum absolute atomic E-state index is 0.208. The van der Waals surface area contributed by atoms with Crippen LogP contribution in [-0.2, 0) is 11.3 Å². The molecule has 0 aromatic carbocycles. The van der Waals surface area contributed by atoms with Crippen molar-refractivity contribution in [2.24, 2.45) is 5.92 Å². The zero-order valence-electron chi connectivity index (χ0n) is 12.9. The summed E-state index contributed by atoms with van der Waals surface area (Å²) in [6.45, 7) is 6.90. The maximum Gasteiger partial charge on any atom is 0.329 e. The Bertz CT molecular complexity index is 582. The van der Waals surface area contributed by atoms with Crippen LogP contribution in [0, 0.1) is 5.92 Å². The van der Waals surface area contributed by atoms with Crippen LogP contribution in [0.15, 0.2) is 17.2 Å². The second kappa shape index (κ2) is 5.87. The van der Waals surface area contributed by atoms with Gasteiger partial charge in [0.15, 0.2) is 5.82 Å². The number of hydrogen-bond acceptors (Lipinski definition) is 4. The highest BCUT2D eigenvalue weighted by Crippen LogP contribution is 2.30. The summed E-state index contributed by atoms with van der Waals surface area (Å²) in [6.07, 6.45) is 5.50. The Morgan fingerprint density at radius 3 is 2.81 bits per heavy atom. The number of hydrogen-bond donors (Lipinski definition) is 1. The van der Waals surface area contributed by atoms with E-state index in [1.165, 1.54) is 0 Å². The lowest BCUT2D eigenvalue weighted by Gasteiger charge is -2.42. The second-order valence-corrected chi connectivity index (χ2v) is 6.29. The van der Waals surface area contributed by atoms with E-state index in [-0.39, 0.29) is 11.4 Å². The number of carboxylic acids is 1. The number of piperidine rings is 1. The molecule has 1 aromatic rings. The van der Waals surface area contributed by atoms with Crippen molar-refractivity contribution in [2.45, 2.75) is 52.1 Å². The SMILES string of the molecule is CC(C)Cn1ccnc(N2CCCCC2(C)C(=O)O)c1=O. The third kappa shape index (κ3) is 2.94. The van der Waals surface area contributed by atoms with Crippen molar-refractivity contribution in [3.63, 3.8) is 0 Å². The number of carbonyl (C=O) groups is 1. The summed E-state index contributed by atoms with van der Waals surface area (Å²) < 4.78 is 1.61. The first kappa shape index (κ1) is 15.5. The minimum Gasteiger partial charge on any atom is -0.480 e. The van der Waals surface area contributed by atoms with Crippen molar-refractivity contribution in [2.75, 3.05) is 11.4 Å².